The van der Waals surface area contributed by atoms with Crippen LogP contribution in [0, 0.1) is 6.92 Å². The number of hydrogen-bond acceptors (Lipinski definition) is 3. The summed E-state index contributed by atoms with van der Waals surface area (Å²) in [5.41, 5.74) is 2.11. The number of nitrogens with one attached hydrogen (secondary N) is 1. The first-order valence-electron chi connectivity index (χ1n) is 6.30. The molecule has 0 atom stereocenters. The third kappa shape index (κ3) is 5.86. The van der Waals surface area contributed by atoms with E-state index in [1.54, 1.807) is 13.0 Å². The fourth-order valence-corrected chi connectivity index (χ4v) is 1.52. The minimum atomic E-state index is -0.300. The molecule has 0 aliphatic heterocycles. The van der Waals surface area contributed by atoms with E-state index in [1.165, 1.54) is 6.08 Å². The van der Waals surface area contributed by atoms with Crippen molar-refractivity contribution < 1.29 is 14.3 Å². The van der Waals surface area contributed by atoms with Crippen LogP contribution in [-0.2, 0) is 14.3 Å². The van der Waals surface area contributed by atoms with Crippen molar-refractivity contribution in [2.45, 2.75) is 20.3 Å². The molecule has 102 valence electrons. The van der Waals surface area contributed by atoms with Gasteiger partial charge in [-0.3, -0.25) is 9.59 Å². The molecule has 19 heavy (non-hydrogen) atoms. The number of carbonyl (C=O) groups excluding carboxylic acids is 2. The molecule has 0 radical (unpaired) electrons. The molecule has 0 saturated heterocycles. The molecule has 4 nitrogen and oxygen atoms in total. The van der Waals surface area contributed by atoms with E-state index in [4.69, 9.17) is 4.74 Å². The molecule has 0 unspecified atom stereocenters. The highest BCUT2D eigenvalue weighted by Crippen LogP contribution is 2.08. The molecular formula is C15H19NO3. The van der Waals surface area contributed by atoms with Crippen molar-refractivity contribution in [3.8, 4) is 0 Å². The van der Waals surface area contributed by atoms with E-state index in [0.29, 0.717) is 6.61 Å². The van der Waals surface area contributed by atoms with Crippen LogP contribution in [0.3, 0.4) is 0 Å². The smallest absolute Gasteiger partial charge is 0.307 e. The van der Waals surface area contributed by atoms with Crippen molar-refractivity contribution in [1.82, 2.24) is 5.32 Å². The Hall–Kier alpha value is -2.10. The van der Waals surface area contributed by atoms with Gasteiger partial charge in [-0.15, -0.1) is 0 Å². The first-order chi connectivity index (χ1) is 9.13. The van der Waals surface area contributed by atoms with Crippen molar-refractivity contribution in [2.24, 2.45) is 0 Å². The fourth-order valence-electron chi connectivity index (χ4n) is 1.52. The number of carbonyl (C=O) groups is 2. The Kier molecular flexibility index (Phi) is 6.36. The zero-order chi connectivity index (χ0) is 14.1. The average molecular weight is 261 g/mol. The van der Waals surface area contributed by atoms with Gasteiger partial charge in [-0.2, -0.15) is 0 Å². The summed E-state index contributed by atoms with van der Waals surface area (Å²) >= 11 is 0. The Morgan fingerprint density at radius 3 is 2.74 bits per heavy atom. The molecule has 0 fully saturated rings. The highest BCUT2D eigenvalue weighted by molar-refractivity contribution is 5.92. The maximum atomic E-state index is 11.5. The van der Waals surface area contributed by atoms with Crippen LogP contribution in [0.25, 0.3) is 6.08 Å². The lowest BCUT2D eigenvalue weighted by molar-refractivity contribution is -0.142. The second-order valence-corrected chi connectivity index (χ2v) is 4.04. The summed E-state index contributed by atoms with van der Waals surface area (Å²) in [4.78, 5) is 22.6. The van der Waals surface area contributed by atoms with Gasteiger partial charge in [-0.05, 0) is 31.1 Å². The summed E-state index contributed by atoms with van der Waals surface area (Å²) in [7, 11) is 0. The van der Waals surface area contributed by atoms with E-state index in [2.05, 4.69) is 5.32 Å². The molecule has 1 rings (SSSR count). The van der Waals surface area contributed by atoms with Gasteiger partial charge in [0.05, 0.1) is 13.0 Å². The number of aryl methyl sites for hydroxylation is 1. The van der Waals surface area contributed by atoms with Crippen LogP contribution < -0.4 is 5.32 Å². The highest BCUT2D eigenvalue weighted by atomic mass is 16.5. The largest absolute Gasteiger partial charge is 0.466 e. The van der Waals surface area contributed by atoms with Gasteiger partial charge in [0.2, 0.25) is 5.91 Å². The number of hydrogen-bond donors (Lipinski definition) is 1. The zero-order valence-corrected chi connectivity index (χ0v) is 11.3. The molecular weight excluding hydrogens is 242 g/mol. The maximum absolute atomic E-state index is 11.5. The minimum Gasteiger partial charge on any atom is -0.466 e. The van der Waals surface area contributed by atoms with Crippen molar-refractivity contribution in [3.63, 3.8) is 0 Å². The topological polar surface area (TPSA) is 55.4 Å². The van der Waals surface area contributed by atoms with Gasteiger partial charge in [0.15, 0.2) is 0 Å². The summed E-state index contributed by atoms with van der Waals surface area (Å²) in [6.45, 7) is 4.38. The standard InChI is InChI=1S/C15H19NO3/c1-3-19-15(18)10-11-16-14(17)9-8-13-7-5-4-6-12(13)2/h4-9H,3,10-11H2,1-2H3,(H,16,17)/b9-8+. The number of ether oxygens (including phenoxy) is 1. The second-order valence-electron chi connectivity index (χ2n) is 4.04. The molecule has 1 aromatic rings. The summed E-state index contributed by atoms with van der Waals surface area (Å²) in [6.07, 6.45) is 3.42. The third-order valence-corrected chi connectivity index (χ3v) is 2.54. The lowest BCUT2D eigenvalue weighted by atomic mass is 10.1. The van der Waals surface area contributed by atoms with E-state index >= 15 is 0 Å². The van der Waals surface area contributed by atoms with Gasteiger partial charge in [0.1, 0.15) is 0 Å². The van der Waals surface area contributed by atoms with Crippen molar-refractivity contribution >= 4 is 18.0 Å². The molecule has 0 heterocycles. The fraction of sp³-hybridized carbons (Fsp3) is 0.333. The quantitative estimate of drug-likeness (QED) is 0.630. The van der Waals surface area contributed by atoms with Crippen molar-refractivity contribution in [1.29, 1.82) is 0 Å². The first kappa shape index (κ1) is 15.0. The number of esters is 1. The molecule has 0 aliphatic carbocycles. The predicted molar refractivity (Wildman–Crippen MR) is 74.5 cm³/mol. The van der Waals surface area contributed by atoms with E-state index in [1.807, 2.05) is 31.2 Å². The molecule has 0 aromatic heterocycles. The Bertz CT molecular complexity index is 466. The molecule has 0 aliphatic rings. The van der Waals surface area contributed by atoms with E-state index in [9.17, 15) is 9.59 Å². The molecule has 0 spiro atoms. The zero-order valence-electron chi connectivity index (χ0n) is 11.3. The van der Waals surface area contributed by atoms with Crippen LogP contribution in [0.2, 0.25) is 0 Å². The molecule has 4 heteroatoms. The van der Waals surface area contributed by atoms with Gasteiger partial charge in [-0.1, -0.05) is 24.3 Å². The van der Waals surface area contributed by atoms with Crippen LogP contribution in [-0.4, -0.2) is 25.0 Å². The van der Waals surface area contributed by atoms with Gasteiger partial charge >= 0.3 is 5.97 Å². The predicted octanol–water partition coefficient (Wildman–Crippen LogP) is 2.08. The van der Waals surface area contributed by atoms with Gasteiger partial charge in [0, 0.05) is 12.6 Å². The lowest BCUT2D eigenvalue weighted by Crippen LogP contribution is -2.24. The monoisotopic (exact) mass is 261 g/mol. The van der Waals surface area contributed by atoms with Crippen LogP contribution >= 0.6 is 0 Å². The summed E-state index contributed by atoms with van der Waals surface area (Å²) in [5, 5.41) is 2.64. The Morgan fingerprint density at radius 1 is 1.32 bits per heavy atom. The first-order valence-corrected chi connectivity index (χ1v) is 6.30. The van der Waals surface area contributed by atoms with E-state index in [-0.39, 0.29) is 24.8 Å². The lowest BCUT2D eigenvalue weighted by Gasteiger charge is -2.02. The molecule has 1 amide bonds. The second kappa shape index (κ2) is 8.08. The van der Waals surface area contributed by atoms with Gasteiger partial charge < -0.3 is 10.1 Å². The van der Waals surface area contributed by atoms with Gasteiger partial charge in [0.25, 0.3) is 0 Å². The van der Waals surface area contributed by atoms with Crippen molar-refractivity contribution in [2.75, 3.05) is 13.2 Å². The highest BCUT2D eigenvalue weighted by Gasteiger charge is 2.02. The summed E-state index contributed by atoms with van der Waals surface area (Å²) in [6, 6.07) is 7.80. The molecule has 0 saturated carbocycles. The van der Waals surface area contributed by atoms with Crippen molar-refractivity contribution in [3.05, 3.63) is 41.5 Å². The average Bonchev–Trinajstić information content (AvgIpc) is 2.38. The van der Waals surface area contributed by atoms with E-state index in [0.717, 1.165) is 11.1 Å². The van der Waals surface area contributed by atoms with Crippen LogP contribution in [0.15, 0.2) is 30.3 Å². The van der Waals surface area contributed by atoms with E-state index < -0.39 is 0 Å². The Morgan fingerprint density at radius 2 is 2.05 bits per heavy atom. The van der Waals surface area contributed by atoms with Crippen LogP contribution in [0.5, 0.6) is 0 Å². The van der Waals surface area contributed by atoms with Gasteiger partial charge in [-0.25, -0.2) is 0 Å². The number of rotatable bonds is 6. The minimum absolute atomic E-state index is 0.192. The summed E-state index contributed by atoms with van der Waals surface area (Å²) in [5.74, 6) is -0.516. The number of benzene rings is 1. The SMILES string of the molecule is CCOC(=O)CCNC(=O)/C=C/c1ccccc1C. The van der Waals surface area contributed by atoms with Crippen LogP contribution in [0.1, 0.15) is 24.5 Å². The van der Waals surface area contributed by atoms with Crippen LogP contribution in [0.4, 0.5) is 0 Å². The Labute approximate surface area is 113 Å². The molecule has 1 N–H and O–H groups in total. The maximum Gasteiger partial charge on any atom is 0.307 e. The normalized spacial score (nSPS) is 10.4. The molecule has 0 bridgehead atoms. The third-order valence-electron chi connectivity index (χ3n) is 2.54. The summed E-state index contributed by atoms with van der Waals surface area (Å²) < 4.78 is 4.76. The Balaban J connectivity index is 2.35. The molecule has 1 aromatic carbocycles. The number of amides is 1.